The van der Waals surface area contributed by atoms with E-state index in [2.05, 4.69) is 22.4 Å². The molecule has 1 fully saturated rings. The van der Waals surface area contributed by atoms with E-state index in [4.69, 9.17) is 5.73 Å². The van der Waals surface area contributed by atoms with E-state index >= 15 is 0 Å². The van der Waals surface area contributed by atoms with Gasteiger partial charge in [-0.1, -0.05) is 12.5 Å². The molecule has 3 heteroatoms. The second-order valence-corrected chi connectivity index (χ2v) is 5.62. The molecule has 90 valence electrons. The highest BCUT2D eigenvalue weighted by molar-refractivity contribution is 7.09. The Morgan fingerprint density at radius 3 is 3.12 bits per heavy atom. The summed E-state index contributed by atoms with van der Waals surface area (Å²) in [4.78, 5) is 4.12. The molecule has 2 nitrogen and oxygen atoms in total. The average Bonchev–Trinajstić information content (AvgIpc) is 2.81. The van der Waals surface area contributed by atoms with Gasteiger partial charge in [0.2, 0.25) is 0 Å². The number of rotatable bonds is 5. The zero-order valence-corrected chi connectivity index (χ0v) is 10.7. The number of aryl methyl sites for hydroxylation is 1. The topological polar surface area (TPSA) is 29.3 Å². The Morgan fingerprint density at radius 2 is 2.38 bits per heavy atom. The third-order valence-corrected chi connectivity index (χ3v) is 4.41. The van der Waals surface area contributed by atoms with Crippen LogP contribution >= 0.6 is 11.3 Å². The molecule has 0 saturated carbocycles. The second kappa shape index (κ2) is 6.38. The summed E-state index contributed by atoms with van der Waals surface area (Å²) in [6, 6.07) is 5.18. The minimum absolute atomic E-state index is 0.777. The van der Waals surface area contributed by atoms with Gasteiger partial charge in [-0.15, -0.1) is 11.3 Å². The molecular formula is C13H22N2S. The molecule has 0 radical (unpaired) electrons. The van der Waals surface area contributed by atoms with Crippen LogP contribution in [0.25, 0.3) is 0 Å². The summed E-state index contributed by atoms with van der Waals surface area (Å²) >= 11 is 1.88. The van der Waals surface area contributed by atoms with Crippen molar-refractivity contribution in [3.63, 3.8) is 0 Å². The first-order chi connectivity index (χ1) is 7.90. The van der Waals surface area contributed by atoms with Gasteiger partial charge >= 0.3 is 0 Å². The number of hydrogen-bond donors (Lipinski definition) is 1. The lowest BCUT2D eigenvalue weighted by atomic mass is 9.97. The number of likely N-dealkylation sites (tertiary alicyclic amines) is 1. The Hall–Kier alpha value is -0.380. The van der Waals surface area contributed by atoms with Crippen LogP contribution in [0.2, 0.25) is 0 Å². The Labute approximate surface area is 102 Å². The first-order valence-electron chi connectivity index (χ1n) is 6.36. The van der Waals surface area contributed by atoms with Crippen LogP contribution in [0.3, 0.4) is 0 Å². The first kappa shape index (κ1) is 12.1. The van der Waals surface area contributed by atoms with Crippen molar-refractivity contribution in [1.29, 1.82) is 0 Å². The van der Waals surface area contributed by atoms with Gasteiger partial charge in [-0.05, 0) is 43.7 Å². The van der Waals surface area contributed by atoms with E-state index in [1.165, 1.54) is 43.5 Å². The van der Waals surface area contributed by atoms with E-state index in [0.29, 0.717) is 0 Å². The highest BCUT2D eigenvalue weighted by Gasteiger charge is 2.21. The summed E-state index contributed by atoms with van der Waals surface area (Å²) in [5.41, 5.74) is 5.67. The van der Waals surface area contributed by atoms with E-state index in [0.717, 1.165) is 19.1 Å². The molecule has 0 bridgehead atoms. The number of piperidine rings is 1. The zero-order chi connectivity index (χ0) is 11.2. The van der Waals surface area contributed by atoms with Crippen molar-refractivity contribution in [2.75, 3.05) is 19.6 Å². The van der Waals surface area contributed by atoms with Gasteiger partial charge in [0.15, 0.2) is 0 Å². The summed E-state index contributed by atoms with van der Waals surface area (Å²) in [6.45, 7) is 3.14. The zero-order valence-electron chi connectivity index (χ0n) is 9.90. The summed E-state index contributed by atoms with van der Waals surface area (Å²) in [6.07, 6.45) is 6.67. The van der Waals surface area contributed by atoms with E-state index in [9.17, 15) is 0 Å². The molecule has 2 heterocycles. The smallest absolute Gasteiger partial charge is 0.0108 e. The van der Waals surface area contributed by atoms with Crippen LogP contribution in [0.1, 0.15) is 30.6 Å². The molecule has 0 aromatic carbocycles. The van der Waals surface area contributed by atoms with Gasteiger partial charge in [0.05, 0.1) is 0 Å². The largest absolute Gasteiger partial charge is 0.329 e. The summed E-state index contributed by atoms with van der Waals surface area (Å²) in [5.74, 6) is 0. The van der Waals surface area contributed by atoms with Crippen LogP contribution in [0, 0.1) is 0 Å². The van der Waals surface area contributed by atoms with Gasteiger partial charge in [-0.25, -0.2) is 0 Å². The van der Waals surface area contributed by atoms with Crippen LogP contribution in [0.15, 0.2) is 17.5 Å². The predicted octanol–water partition coefficient (Wildman–Crippen LogP) is 2.49. The molecule has 1 aliphatic rings. The van der Waals surface area contributed by atoms with Gasteiger partial charge < -0.3 is 5.73 Å². The normalized spacial score (nSPS) is 22.4. The average molecular weight is 238 g/mol. The van der Waals surface area contributed by atoms with Gasteiger partial charge in [0.25, 0.3) is 0 Å². The quantitative estimate of drug-likeness (QED) is 0.854. The van der Waals surface area contributed by atoms with Crippen LogP contribution in [0.5, 0.6) is 0 Å². The third-order valence-electron chi connectivity index (χ3n) is 3.47. The lowest BCUT2D eigenvalue weighted by Crippen LogP contribution is -2.42. The predicted molar refractivity (Wildman–Crippen MR) is 70.9 cm³/mol. The molecule has 2 rings (SSSR count). The van der Waals surface area contributed by atoms with Crippen LogP contribution in [-0.2, 0) is 6.42 Å². The maximum absolute atomic E-state index is 5.67. The molecule has 0 amide bonds. The molecule has 2 N–H and O–H groups in total. The Balaban J connectivity index is 1.81. The van der Waals surface area contributed by atoms with Gasteiger partial charge in [-0.2, -0.15) is 0 Å². The Morgan fingerprint density at radius 1 is 1.44 bits per heavy atom. The highest BCUT2D eigenvalue weighted by atomic mass is 32.1. The lowest BCUT2D eigenvalue weighted by molar-refractivity contribution is 0.145. The molecule has 0 unspecified atom stereocenters. The van der Waals surface area contributed by atoms with Crippen molar-refractivity contribution in [3.8, 4) is 0 Å². The van der Waals surface area contributed by atoms with Crippen molar-refractivity contribution in [3.05, 3.63) is 22.4 Å². The van der Waals surface area contributed by atoms with Crippen molar-refractivity contribution >= 4 is 11.3 Å². The Bertz CT molecular complexity index is 282. The fraction of sp³-hybridized carbons (Fsp3) is 0.692. The minimum atomic E-state index is 0.777. The first-order valence-corrected chi connectivity index (χ1v) is 7.24. The Kier molecular flexibility index (Phi) is 4.82. The number of nitrogens with zero attached hydrogens (tertiary/aromatic N) is 1. The van der Waals surface area contributed by atoms with E-state index in [-0.39, 0.29) is 0 Å². The minimum Gasteiger partial charge on any atom is -0.329 e. The number of thiophene rings is 1. The molecule has 1 saturated heterocycles. The van der Waals surface area contributed by atoms with Gasteiger partial charge in [0, 0.05) is 24.0 Å². The van der Waals surface area contributed by atoms with Crippen LogP contribution in [0.4, 0.5) is 0 Å². The maximum Gasteiger partial charge on any atom is 0.0108 e. The molecule has 0 spiro atoms. The molecular weight excluding hydrogens is 216 g/mol. The summed E-state index contributed by atoms with van der Waals surface area (Å²) < 4.78 is 0. The number of hydrogen-bond acceptors (Lipinski definition) is 3. The van der Waals surface area contributed by atoms with Gasteiger partial charge in [-0.3, -0.25) is 4.90 Å². The van der Waals surface area contributed by atoms with E-state index < -0.39 is 0 Å². The maximum atomic E-state index is 5.67. The number of nitrogens with two attached hydrogens (primary N) is 1. The highest BCUT2D eigenvalue weighted by Crippen LogP contribution is 2.22. The fourth-order valence-corrected chi connectivity index (χ4v) is 3.34. The molecule has 1 aromatic rings. The molecule has 1 aromatic heterocycles. The van der Waals surface area contributed by atoms with Gasteiger partial charge in [0.1, 0.15) is 0 Å². The summed E-state index contributed by atoms with van der Waals surface area (Å²) in [5, 5.41) is 2.17. The van der Waals surface area contributed by atoms with Crippen molar-refractivity contribution < 1.29 is 0 Å². The second-order valence-electron chi connectivity index (χ2n) is 4.59. The van der Waals surface area contributed by atoms with Crippen LogP contribution < -0.4 is 5.73 Å². The van der Waals surface area contributed by atoms with E-state index in [1.54, 1.807) is 0 Å². The van der Waals surface area contributed by atoms with Crippen molar-refractivity contribution in [2.45, 2.75) is 38.1 Å². The fourth-order valence-electron chi connectivity index (χ4n) is 2.61. The summed E-state index contributed by atoms with van der Waals surface area (Å²) in [7, 11) is 0. The molecule has 1 atom stereocenters. The molecule has 0 aliphatic carbocycles. The SMILES string of the molecule is NCCN1CCCC[C@H]1CCc1cccs1. The van der Waals surface area contributed by atoms with E-state index in [1.807, 2.05) is 11.3 Å². The standard InChI is InChI=1S/C13H22N2S/c14-8-10-15-9-2-1-4-12(15)6-7-13-5-3-11-16-13/h3,5,11-12H,1-2,4,6-10,14H2/t12-/m0/s1. The lowest BCUT2D eigenvalue weighted by Gasteiger charge is -2.35. The van der Waals surface area contributed by atoms with Crippen LogP contribution in [-0.4, -0.2) is 30.6 Å². The monoisotopic (exact) mass is 238 g/mol. The van der Waals surface area contributed by atoms with Crippen molar-refractivity contribution in [1.82, 2.24) is 4.90 Å². The molecule has 1 aliphatic heterocycles. The molecule has 16 heavy (non-hydrogen) atoms. The van der Waals surface area contributed by atoms with Crippen molar-refractivity contribution in [2.24, 2.45) is 5.73 Å². The third kappa shape index (κ3) is 3.30.